The predicted molar refractivity (Wildman–Crippen MR) is 128 cm³/mol. The Labute approximate surface area is 187 Å². The molecule has 31 heavy (non-hydrogen) atoms. The third kappa shape index (κ3) is 5.32. The fraction of sp³-hybridized carbons (Fsp3) is 0.261. The first-order valence-electron chi connectivity index (χ1n) is 9.78. The highest BCUT2D eigenvalue weighted by Crippen LogP contribution is 2.29. The Morgan fingerprint density at radius 3 is 2.55 bits per heavy atom. The van der Waals surface area contributed by atoms with Crippen molar-refractivity contribution in [1.29, 1.82) is 5.26 Å². The fourth-order valence-electron chi connectivity index (χ4n) is 3.09. The van der Waals surface area contributed by atoms with E-state index in [1.165, 1.54) is 11.1 Å². The number of methoxy groups -OCH3 is 2. The number of thiocarbonyl (C=S) groups is 1. The smallest absolute Gasteiger partial charge is 0.170 e. The molecular weight excluding hydrogens is 410 g/mol. The molecule has 0 unspecified atom stereocenters. The number of aryl methyl sites for hydroxylation is 2. The van der Waals surface area contributed by atoms with E-state index in [9.17, 15) is 5.26 Å². The van der Waals surface area contributed by atoms with Gasteiger partial charge < -0.3 is 25.4 Å². The molecule has 1 heterocycles. The van der Waals surface area contributed by atoms with E-state index >= 15 is 0 Å². The van der Waals surface area contributed by atoms with Crippen LogP contribution in [0.4, 0.5) is 11.5 Å². The second kappa shape index (κ2) is 9.96. The Kier molecular flexibility index (Phi) is 7.11. The highest BCUT2D eigenvalue weighted by atomic mass is 32.1. The van der Waals surface area contributed by atoms with Gasteiger partial charge in [0.25, 0.3) is 0 Å². The van der Waals surface area contributed by atoms with Crippen molar-refractivity contribution in [3.8, 4) is 17.6 Å². The molecule has 7 nitrogen and oxygen atoms in total. The number of nitrogens with one attached hydrogen (secondary N) is 3. The lowest BCUT2D eigenvalue weighted by molar-refractivity contribution is 0.395. The Morgan fingerprint density at radius 1 is 1.06 bits per heavy atom. The van der Waals surface area contributed by atoms with Gasteiger partial charge in [0.05, 0.1) is 31.0 Å². The number of anilines is 2. The van der Waals surface area contributed by atoms with Crippen LogP contribution in [0.25, 0.3) is 10.9 Å². The summed E-state index contributed by atoms with van der Waals surface area (Å²) in [6.45, 7) is 5.19. The molecule has 3 N–H and O–H groups in total. The molecule has 0 saturated heterocycles. The van der Waals surface area contributed by atoms with Crippen LogP contribution < -0.4 is 25.4 Å². The fourth-order valence-corrected chi connectivity index (χ4v) is 3.30. The minimum atomic E-state index is 0.461. The average Bonchev–Trinajstić information content (AvgIpc) is 2.77. The highest BCUT2D eigenvalue weighted by Gasteiger charge is 2.09. The highest BCUT2D eigenvalue weighted by molar-refractivity contribution is 7.80. The molecule has 0 bridgehead atoms. The zero-order valence-electron chi connectivity index (χ0n) is 18.0. The number of hydrogen-bond donors (Lipinski definition) is 3. The van der Waals surface area contributed by atoms with Crippen LogP contribution >= 0.6 is 12.2 Å². The Morgan fingerprint density at radius 2 is 1.84 bits per heavy atom. The van der Waals surface area contributed by atoms with E-state index < -0.39 is 0 Å². The van der Waals surface area contributed by atoms with Gasteiger partial charge in [-0.05, 0) is 67.5 Å². The summed E-state index contributed by atoms with van der Waals surface area (Å²) in [5, 5.41) is 20.4. The minimum Gasteiger partial charge on any atom is -0.497 e. The molecule has 0 radical (unpaired) electrons. The van der Waals surface area contributed by atoms with Crippen molar-refractivity contribution < 1.29 is 9.47 Å². The van der Waals surface area contributed by atoms with Gasteiger partial charge in [-0.2, -0.15) is 5.26 Å². The lowest BCUT2D eigenvalue weighted by atomic mass is 10.0. The Bertz CT molecular complexity index is 1160. The summed E-state index contributed by atoms with van der Waals surface area (Å²) < 4.78 is 10.6. The van der Waals surface area contributed by atoms with Crippen LogP contribution in [0.1, 0.15) is 16.7 Å². The number of rotatable bonds is 7. The molecule has 0 aliphatic heterocycles. The number of ether oxygens (including phenoxy) is 2. The van der Waals surface area contributed by atoms with E-state index in [0.717, 1.165) is 16.6 Å². The van der Waals surface area contributed by atoms with Gasteiger partial charge in [-0.1, -0.05) is 0 Å². The first-order chi connectivity index (χ1) is 14.9. The molecule has 8 heteroatoms. The van der Waals surface area contributed by atoms with Crippen LogP contribution in [0.3, 0.4) is 0 Å². The number of fused-ring (bicyclic) bond motifs is 1. The zero-order chi connectivity index (χ0) is 22.4. The third-order valence-electron chi connectivity index (χ3n) is 4.91. The lowest BCUT2D eigenvalue weighted by Crippen LogP contribution is -2.32. The van der Waals surface area contributed by atoms with E-state index in [-0.39, 0.29) is 0 Å². The SMILES string of the molecule is COc1ccc(NC(=S)NCCNc2nc3cc(C)c(C)cc3cc2C#N)c(OC)c1. The van der Waals surface area contributed by atoms with Gasteiger partial charge in [0.15, 0.2) is 5.11 Å². The molecule has 3 aromatic rings. The predicted octanol–water partition coefficient (Wildman–Crippen LogP) is 4.14. The first kappa shape index (κ1) is 22.1. The van der Waals surface area contributed by atoms with Crippen molar-refractivity contribution in [2.24, 2.45) is 0 Å². The maximum absolute atomic E-state index is 9.50. The molecule has 0 aliphatic carbocycles. The summed E-state index contributed by atoms with van der Waals surface area (Å²) in [6.07, 6.45) is 0. The number of nitriles is 1. The molecule has 0 aliphatic rings. The van der Waals surface area contributed by atoms with Gasteiger partial charge >= 0.3 is 0 Å². The molecule has 3 rings (SSSR count). The number of nitrogens with zero attached hydrogens (tertiary/aromatic N) is 2. The standard InChI is InChI=1S/C23H25N5O2S/c1-14-9-16-11-17(13-24)22(27-20(16)10-15(14)2)25-7-8-26-23(31)28-19-6-5-18(29-3)12-21(19)30-4/h5-6,9-12H,7-8H2,1-4H3,(H,25,27)(H2,26,28,31). The van der Waals surface area contributed by atoms with Crippen LogP contribution in [-0.2, 0) is 0 Å². The molecule has 0 fully saturated rings. The van der Waals surface area contributed by atoms with Crippen LogP contribution in [0.2, 0.25) is 0 Å². The second-order valence-electron chi connectivity index (χ2n) is 7.00. The van der Waals surface area contributed by atoms with Crippen LogP contribution in [-0.4, -0.2) is 37.4 Å². The molecule has 0 spiro atoms. The van der Waals surface area contributed by atoms with Crippen LogP contribution in [0.5, 0.6) is 11.5 Å². The molecule has 0 saturated carbocycles. The van der Waals surface area contributed by atoms with Gasteiger partial charge in [-0.25, -0.2) is 4.98 Å². The summed E-state index contributed by atoms with van der Waals surface area (Å²) in [5.74, 6) is 1.90. The van der Waals surface area contributed by atoms with E-state index in [4.69, 9.17) is 21.7 Å². The van der Waals surface area contributed by atoms with Gasteiger partial charge in [0, 0.05) is 24.5 Å². The molecule has 2 aromatic carbocycles. The van der Waals surface area contributed by atoms with Crippen molar-refractivity contribution in [2.45, 2.75) is 13.8 Å². The molecule has 160 valence electrons. The molecular formula is C23H25N5O2S. The lowest BCUT2D eigenvalue weighted by Gasteiger charge is -2.15. The largest absolute Gasteiger partial charge is 0.497 e. The number of hydrogen-bond acceptors (Lipinski definition) is 6. The quantitative estimate of drug-likeness (QED) is 0.377. The Hall–Kier alpha value is -3.57. The topological polar surface area (TPSA) is 91.2 Å². The normalized spacial score (nSPS) is 10.3. The van der Waals surface area contributed by atoms with Gasteiger partial charge in [0.1, 0.15) is 23.4 Å². The van der Waals surface area contributed by atoms with E-state index in [0.29, 0.717) is 41.1 Å². The van der Waals surface area contributed by atoms with Crippen molar-refractivity contribution in [3.05, 3.63) is 53.1 Å². The van der Waals surface area contributed by atoms with E-state index in [1.54, 1.807) is 20.3 Å². The molecule has 0 atom stereocenters. The van der Waals surface area contributed by atoms with E-state index in [2.05, 4.69) is 46.9 Å². The van der Waals surface area contributed by atoms with Gasteiger partial charge in [-0.15, -0.1) is 0 Å². The van der Waals surface area contributed by atoms with Crippen LogP contribution in [0.15, 0.2) is 36.4 Å². The van der Waals surface area contributed by atoms with Crippen molar-refractivity contribution in [2.75, 3.05) is 37.9 Å². The maximum Gasteiger partial charge on any atom is 0.170 e. The Balaban J connectivity index is 1.59. The molecule has 0 amide bonds. The van der Waals surface area contributed by atoms with Gasteiger partial charge in [-0.3, -0.25) is 0 Å². The van der Waals surface area contributed by atoms with Crippen molar-refractivity contribution in [3.63, 3.8) is 0 Å². The number of benzene rings is 2. The summed E-state index contributed by atoms with van der Waals surface area (Å²) in [7, 11) is 3.19. The monoisotopic (exact) mass is 435 g/mol. The summed E-state index contributed by atoms with van der Waals surface area (Å²) >= 11 is 5.37. The summed E-state index contributed by atoms with van der Waals surface area (Å²) in [4.78, 5) is 4.63. The van der Waals surface area contributed by atoms with Gasteiger partial charge in [0.2, 0.25) is 0 Å². The van der Waals surface area contributed by atoms with Crippen LogP contribution in [0, 0.1) is 25.2 Å². The summed E-state index contributed by atoms with van der Waals surface area (Å²) in [5.41, 5.74) is 4.46. The van der Waals surface area contributed by atoms with Crippen molar-refractivity contribution >= 4 is 39.7 Å². The number of aromatic nitrogens is 1. The zero-order valence-corrected chi connectivity index (χ0v) is 18.8. The number of pyridine rings is 1. The second-order valence-corrected chi connectivity index (χ2v) is 7.41. The maximum atomic E-state index is 9.50. The third-order valence-corrected chi connectivity index (χ3v) is 5.16. The minimum absolute atomic E-state index is 0.461. The summed E-state index contributed by atoms with van der Waals surface area (Å²) in [6, 6.07) is 13.6. The van der Waals surface area contributed by atoms with Crippen molar-refractivity contribution in [1.82, 2.24) is 10.3 Å². The average molecular weight is 436 g/mol. The molecule has 1 aromatic heterocycles. The van der Waals surface area contributed by atoms with E-state index in [1.807, 2.05) is 24.3 Å². The first-order valence-corrected chi connectivity index (χ1v) is 10.2.